The van der Waals surface area contributed by atoms with E-state index in [1.807, 2.05) is 0 Å². The fourth-order valence-corrected chi connectivity index (χ4v) is 3.26. The maximum Gasteiger partial charge on any atom is 0.245 e. The molecule has 3 rings (SSSR count). The molecule has 1 amide bonds. The Kier molecular flexibility index (Phi) is 7.05. The summed E-state index contributed by atoms with van der Waals surface area (Å²) in [6.07, 6.45) is 3.87. The van der Waals surface area contributed by atoms with Gasteiger partial charge in [-0.05, 0) is 60.7 Å². The van der Waals surface area contributed by atoms with Crippen LogP contribution in [0.2, 0.25) is 0 Å². The summed E-state index contributed by atoms with van der Waals surface area (Å²) < 4.78 is 15.0. The summed E-state index contributed by atoms with van der Waals surface area (Å²) >= 11 is 0. The standard InChI is InChI=1S/C17H23FN6O.ClH/c1-11-21-22-23-24(11)16(10-12-3-2-4-13(18)9-12)17(25)20-15-7-5-14(19)6-8-15;/h2-4,9,14-16H,5-8,10,19H2,1H3,(H,20,25);1H. The highest BCUT2D eigenvalue weighted by atomic mass is 35.5. The number of carbonyl (C=O) groups excluding carboxylic acids is 1. The van der Waals surface area contributed by atoms with Gasteiger partial charge in [0.25, 0.3) is 0 Å². The van der Waals surface area contributed by atoms with E-state index in [4.69, 9.17) is 5.73 Å². The first-order valence-electron chi connectivity index (χ1n) is 8.58. The topological polar surface area (TPSA) is 98.7 Å². The smallest absolute Gasteiger partial charge is 0.245 e. The predicted molar refractivity (Wildman–Crippen MR) is 97.3 cm³/mol. The number of aryl methyl sites for hydroxylation is 1. The number of carbonyl (C=O) groups is 1. The van der Waals surface area contributed by atoms with Gasteiger partial charge in [-0.1, -0.05) is 12.1 Å². The van der Waals surface area contributed by atoms with Crippen LogP contribution in [0.5, 0.6) is 0 Å². The lowest BCUT2D eigenvalue weighted by Crippen LogP contribution is -2.44. The van der Waals surface area contributed by atoms with E-state index in [9.17, 15) is 9.18 Å². The number of nitrogens with zero attached hydrogens (tertiary/aromatic N) is 4. The van der Waals surface area contributed by atoms with Crippen LogP contribution < -0.4 is 11.1 Å². The fourth-order valence-electron chi connectivity index (χ4n) is 3.26. The van der Waals surface area contributed by atoms with Gasteiger partial charge >= 0.3 is 0 Å². The van der Waals surface area contributed by atoms with E-state index in [1.54, 1.807) is 19.1 Å². The van der Waals surface area contributed by atoms with Crippen LogP contribution >= 0.6 is 12.4 Å². The maximum atomic E-state index is 13.5. The molecule has 1 heterocycles. The first-order chi connectivity index (χ1) is 12.0. The highest BCUT2D eigenvalue weighted by Crippen LogP contribution is 2.20. The lowest BCUT2D eigenvalue weighted by molar-refractivity contribution is -0.125. The van der Waals surface area contributed by atoms with Crippen molar-refractivity contribution in [1.29, 1.82) is 0 Å². The van der Waals surface area contributed by atoms with Crippen molar-refractivity contribution in [3.8, 4) is 0 Å². The number of amides is 1. The van der Waals surface area contributed by atoms with Crippen molar-refractivity contribution in [1.82, 2.24) is 25.5 Å². The van der Waals surface area contributed by atoms with E-state index in [1.165, 1.54) is 16.8 Å². The first-order valence-corrected chi connectivity index (χ1v) is 8.58. The molecular weight excluding hydrogens is 359 g/mol. The van der Waals surface area contributed by atoms with Gasteiger partial charge in [0, 0.05) is 18.5 Å². The number of benzene rings is 1. The maximum absolute atomic E-state index is 13.5. The molecule has 1 aromatic carbocycles. The Hall–Kier alpha value is -2.06. The molecule has 142 valence electrons. The molecule has 1 unspecified atom stereocenters. The number of halogens is 2. The van der Waals surface area contributed by atoms with Gasteiger partial charge in [-0.3, -0.25) is 4.79 Å². The van der Waals surface area contributed by atoms with Gasteiger partial charge in [0.15, 0.2) is 0 Å². The average Bonchev–Trinajstić information content (AvgIpc) is 3.00. The van der Waals surface area contributed by atoms with Crippen molar-refractivity contribution in [2.75, 3.05) is 0 Å². The summed E-state index contributed by atoms with van der Waals surface area (Å²) in [4.78, 5) is 12.9. The van der Waals surface area contributed by atoms with Crippen molar-refractivity contribution >= 4 is 18.3 Å². The second-order valence-corrected chi connectivity index (χ2v) is 6.64. The largest absolute Gasteiger partial charge is 0.351 e. The SMILES string of the molecule is Cc1nnnn1C(Cc1cccc(F)c1)C(=O)NC1CCC(N)CC1.Cl. The first kappa shape index (κ1) is 20.3. The van der Waals surface area contributed by atoms with E-state index in [2.05, 4.69) is 20.8 Å². The Bertz CT molecular complexity index is 732. The minimum Gasteiger partial charge on any atom is -0.351 e. The van der Waals surface area contributed by atoms with Gasteiger partial charge in [0.1, 0.15) is 17.7 Å². The van der Waals surface area contributed by atoms with Crippen LogP contribution in [-0.4, -0.2) is 38.2 Å². The zero-order chi connectivity index (χ0) is 17.8. The molecule has 0 saturated heterocycles. The molecule has 1 saturated carbocycles. The van der Waals surface area contributed by atoms with Crippen molar-refractivity contribution in [2.24, 2.45) is 5.73 Å². The van der Waals surface area contributed by atoms with Crippen LogP contribution in [0.3, 0.4) is 0 Å². The monoisotopic (exact) mass is 382 g/mol. The fraction of sp³-hybridized carbons (Fsp3) is 0.529. The summed E-state index contributed by atoms with van der Waals surface area (Å²) in [6, 6.07) is 5.95. The third-order valence-electron chi connectivity index (χ3n) is 4.69. The number of hydrogen-bond acceptors (Lipinski definition) is 5. The Balaban J connectivity index is 0.00000243. The van der Waals surface area contributed by atoms with Crippen LogP contribution in [0.25, 0.3) is 0 Å². The van der Waals surface area contributed by atoms with Crippen LogP contribution in [0.1, 0.15) is 43.1 Å². The molecule has 0 aliphatic heterocycles. The molecule has 26 heavy (non-hydrogen) atoms. The van der Waals surface area contributed by atoms with E-state index in [0.717, 1.165) is 31.2 Å². The van der Waals surface area contributed by atoms with E-state index < -0.39 is 6.04 Å². The van der Waals surface area contributed by atoms with Crippen molar-refractivity contribution in [3.63, 3.8) is 0 Å². The molecule has 0 radical (unpaired) electrons. The molecule has 0 bridgehead atoms. The second-order valence-electron chi connectivity index (χ2n) is 6.64. The lowest BCUT2D eigenvalue weighted by Gasteiger charge is -2.28. The minimum atomic E-state index is -0.618. The highest BCUT2D eigenvalue weighted by Gasteiger charge is 2.28. The minimum absolute atomic E-state index is 0. The molecule has 1 aliphatic rings. The van der Waals surface area contributed by atoms with Crippen LogP contribution in [0.4, 0.5) is 4.39 Å². The summed E-state index contributed by atoms with van der Waals surface area (Å²) in [7, 11) is 0. The van der Waals surface area contributed by atoms with Crippen molar-refractivity contribution in [3.05, 3.63) is 41.5 Å². The summed E-state index contributed by atoms with van der Waals surface area (Å²) in [6.45, 7) is 1.74. The molecule has 9 heteroatoms. The molecule has 2 aromatic rings. The molecule has 1 aliphatic carbocycles. The van der Waals surface area contributed by atoms with Crippen LogP contribution in [-0.2, 0) is 11.2 Å². The number of hydrogen-bond donors (Lipinski definition) is 2. The molecule has 1 atom stereocenters. The van der Waals surface area contributed by atoms with Gasteiger partial charge in [0.05, 0.1) is 0 Å². The van der Waals surface area contributed by atoms with Crippen molar-refractivity contribution in [2.45, 2.75) is 57.2 Å². The summed E-state index contributed by atoms with van der Waals surface area (Å²) in [5, 5.41) is 14.5. The number of aromatic nitrogens is 4. The number of rotatable bonds is 5. The van der Waals surface area contributed by atoms with Gasteiger partial charge in [-0.15, -0.1) is 17.5 Å². The Morgan fingerprint density at radius 1 is 1.38 bits per heavy atom. The Morgan fingerprint density at radius 2 is 2.12 bits per heavy atom. The lowest BCUT2D eigenvalue weighted by atomic mass is 9.91. The zero-order valence-corrected chi connectivity index (χ0v) is 15.5. The van der Waals surface area contributed by atoms with Crippen LogP contribution in [0.15, 0.2) is 24.3 Å². The summed E-state index contributed by atoms with van der Waals surface area (Å²) in [5.74, 6) is 0.0636. The highest BCUT2D eigenvalue weighted by molar-refractivity contribution is 5.85. The molecule has 0 spiro atoms. The second kappa shape index (κ2) is 9.05. The van der Waals surface area contributed by atoms with Crippen molar-refractivity contribution < 1.29 is 9.18 Å². The number of tetrazole rings is 1. The number of nitrogens with one attached hydrogen (secondary N) is 1. The quantitative estimate of drug-likeness (QED) is 0.820. The molecule has 1 fully saturated rings. The Labute approximate surface area is 157 Å². The predicted octanol–water partition coefficient (Wildman–Crippen LogP) is 1.71. The number of nitrogens with two attached hydrogens (primary N) is 1. The van der Waals surface area contributed by atoms with Gasteiger partial charge in [0.2, 0.25) is 5.91 Å². The zero-order valence-electron chi connectivity index (χ0n) is 14.6. The van der Waals surface area contributed by atoms with Crippen LogP contribution in [0, 0.1) is 12.7 Å². The van der Waals surface area contributed by atoms with Gasteiger partial charge in [-0.25, -0.2) is 9.07 Å². The molecule has 7 nitrogen and oxygen atoms in total. The molecule has 3 N–H and O–H groups in total. The third kappa shape index (κ3) is 4.98. The molecule has 1 aromatic heterocycles. The summed E-state index contributed by atoms with van der Waals surface area (Å²) in [5.41, 5.74) is 6.64. The van der Waals surface area contributed by atoms with E-state index in [0.29, 0.717) is 12.2 Å². The average molecular weight is 383 g/mol. The van der Waals surface area contributed by atoms with Gasteiger partial charge < -0.3 is 11.1 Å². The molecular formula is C17H24ClFN6O. The Morgan fingerprint density at radius 3 is 2.73 bits per heavy atom. The van der Waals surface area contributed by atoms with Gasteiger partial charge in [-0.2, -0.15) is 0 Å². The van der Waals surface area contributed by atoms with E-state index >= 15 is 0 Å². The third-order valence-corrected chi connectivity index (χ3v) is 4.69. The van der Waals surface area contributed by atoms with E-state index in [-0.39, 0.29) is 36.2 Å². The normalized spacial score (nSPS) is 20.9.